The van der Waals surface area contributed by atoms with Crippen LogP contribution in [0.1, 0.15) is 29.8 Å². The molecular weight excluding hydrogens is 403 g/mol. The van der Waals surface area contributed by atoms with Crippen molar-refractivity contribution in [2.75, 3.05) is 31.5 Å². The number of hydrogen-bond acceptors (Lipinski definition) is 4. The van der Waals surface area contributed by atoms with Crippen molar-refractivity contribution >= 4 is 11.6 Å². The third-order valence-electron chi connectivity index (χ3n) is 5.89. The number of halogens is 1. The van der Waals surface area contributed by atoms with Crippen LogP contribution in [-0.2, 0) is 6.54 Å². The van der Waals surface area contributed by atoms with Gasteiger partial charge in [-0.05, 0) is 49.7 Å². The van der Waals surface area contributed by atoms with Crippen molar-refractivity contribution in [3.05, 3.63) is 83.8 Å². The van der Waals surface area contributed by atoms with Gasteiger partial charge in [0.25, 0.3) is 5.91 Å². The summed E-state index contributed by atoms with van der Waals surface area (Å²) in [6, 6.07) is 18.3. The minimum Gasteiger partial charge on any atom is -0.322 e. The predicted octanol–water partition coefficient (Wildman–Crippen LogP) is 4.67. The molecule has 0 radical (unpaired) electrons. The minimum absolute atomic E-state index is 0.205. The van der Waals surface area contributed by atoms with E-state index in [1.165, 1.54) is 0 Å². The van der Waals surface area contributed by atoms with E-state index >= 15 is 0 Å². The Morgan fingerprint density at radius 1 is 1.03 bits per heavy atom. The van der Waals surface area contributed by atoms with Crippen LogP contribution >= 0.6 is 0 Å². The quantitative estimate of drug-likeness (QED) is 0.615. The molecule has 5 nitrogen and oxygen atoms in total. The van der Waals surface area contributed by atoms with Gasteiger partial charge in [-0.15, -0.1) is 0 Å². The van der Waals surface area contributed by atoms with Gasteiger partial charge in [-0.3, -0.25) is 19.6 Å². The second-order valence-electron chi connectivity index (χ2n) is 8.48. The lowest BCUT2D eigenvalue weighted by Crippen LogP contribution is -2.48. The Kier molecular flexibility index (Phi) is 6.93. The second kappa shape index (κ2) is 10.0. The molecule has 1 aliphatic heterocycles. The first kappa shape index (κ1) is 22.1. The standard InChI is InChI=1S/C26H29FN4O/c1-19(2)31-14-12-30(13-15-31)18-20-16-24(27)25(28-17-20)21-8-10-22(11-9-21)26(32)29-23-6-4-3-5-7-23/h3-11,16-17,19H,12-15,18H2,1-2H3,(H,29,32). The maximum atomic E-state index is 14.8. The van der Waals surface area contributed by atoms with E-state index in [0.29, 0.717) is 29.4 Å². The molecule has 0 bridgehead atoms. The van der Waals surface area contributed by atoms with E-state index in [9.17, 15) is 9.18 Å². The molecule has 0 aliphatic carbocycles. The predicted molar refractivity (Wildman–Crippen MR) is 126 cm³/mol. The lowest BCUT2D eigenvalue weighted by molar-refractivity contribution is 0.102. The molecule has 2 aromatic carbocycles. The highest BCUT2D eigenvalue weighted by Gasteiger charge is 2.19. The Bertz CT molecular complexity index is 1050. The van der Waals surface area contributed by atoms with Gasteiger partial charge < -0.3 is 5.32 Å². The zero-order valence-electron chi connectivity index (χ0n) is 18.6. The van der Waals surface area contributed by atoms with Gasteiger partial charge in [0, 0.05) is 61.8 Å². The van der Waals surface area contributed by atoms with Crippen molar-refractivity contribution in [1.82, 2.24) is 14.8 Å². The fourth-order valence-corrected chi connectivity index (χ4v) is 3.98. The van der Waals surface area contributed by atoms with Crippen LogP contribution in [0.2, 0.25) is 0 Å². The Hall–Kier alpha value is -3.09. The first-order chi connectivity index (χ1) is 15.5. The van der Waals surface area contributed by atoms with Gasteiger partial charge in [-0.1, -0.05) is 30.3 Å². The van der Waals surface area contributed by atoms with Gasteiger partial charge in [0.1, 0.15) is 11.5 Å². The molecule has 1 fully saturated rings. The van der Waals surface area contributed by atoms with Crippen LogP contribution in [0, 0.1) is 5.82 Å². The fourth-order valence-electron chi connectivity index (χ4n) is 3.98. The smallest absolute Gasteiger partial charge is 0.255 e. The molecule has 0 atom stereocenters. The maximum absolute atomic E-state index is 14.8. The van der Waals surface area contributed by atoms with Gasteiger partial charge in [-0.2, -0.15) is 0 Å². The topological polar surface area (TPSA) is 48.5 Å². The number of hydrogen-bond donors (Lipinski definition) is 1. The number of piperazine rings is 1. The van der Waals surface area contributed by atoms with Gasteiger partial charge in [0.15, 0.2) is 0 Å². The molecule has 0 spiro atoms. The number of benzene rings is 2. The average Bonchev–Trinajstić information content (AvgIpc) is 2.80. The first-order valence-corrected chi connectivity index (χ1v) is 11.1. The zero-order valence-corrected chi connectivity index (χ0v) is 18.6. The molecule has 1 aromatic heterocycles. The number of aromatic nitrogens is 1. The summed E-state index contributed by atoms with van der Waals surface area (Å²) < 4.78 is 14.8. The van der Waals surface area contributed by atoms with E-state index in [1.54, 1.807) is 36.5 Å². The summed E-state index contributed by atoms with van der Waals surface area (Å²) in [6.07, 6.45) is 1.75. The summed E-state index contributed by atoms with van der Waals surface area (Å²) in [7, 11) is 0. The molecule has 1 saturated heterocycles. The van der Waals surface area contributed by atoms with Crippen molar-refractivity contribution in [3.63, 3.8) is 0 Å². The van der Waals surface area contributed by atoms with Crippen molar-refractivity contribution in [2.24, 2.45) is 0 Å². The lowest BCUT2D eigenvalue weighted by atomic mass is 10.1. The van der Waals surface area contributed by atoms with Crippen LogP contribution in [0.4, 0.5) is 10.1 Å². The first-order valence-electron chi connectivity index (χ1n) is 11.1. The lowest BCUT2D eigenvalue weighted by Gasteiger charge is -2.36. The van der Waals surface area contributed by atoms with Crippen LogP contribution in [-0.4, -0.2) is 52.9 Å². The third-order valence-corrected chi connectivity index (χ3v) is 5.89. The highest BCUT2D eigenvalue weighted by atomic mass is 19.1. The van der Waals surface area contributed by atoms with Gasteiger partial charge >= 0.3 is 0 Å². The Morgan fingerprint density at radius 3 is 2.34 bits per heavy atom. The Labute approximate surface area is 188 Å². The minimum atomic E-state index is -0.343. The van der Waals surface area contributed by atoms with Crippen LogP contribution in [0.5, 0.6) is 0 Å². The largest absolute Gasteiger partial charge is 0.322 e. The molecule has 32 heavy (non-hydrogen) atoms. The zero-order chi connectivity index (χ0) is 22.5. The number of carbonyl (C=O) groups excluding carboxylic acids is 1. The number of para-hydroxylation sites is 1. The van der Waals surface area contributed by atoms with Gasteiger partial charge in [0.05, 0.1) is 0 Å². The number of amides is 1. The van der Waals surface area contributed by atoms with Crippen molar-refractivity contribution < 1.29 is 9.18 Å². The molecule has 1 aliphatic rings. The van der Waals surface area contributed by atoms with Crippen molar-refractivity contribution in [2.45, 2.75) is 26.4 Å². The average molecular weight is 433 g/mol. The number of pyridine rings is 1. The second-order valence-corrected chi connectivity index (χ2v) is 8.48. The molecular formula is C26H29FN4O. The van der Waals surface area contributed by atoms with E-state index < -0.39 is 0 Å². The molecule has 1 N–H and O–H groups in total. The molecule has 1 amide bonds. The summed E-state index contributed by atoms with van der Waals surface area (Å²) in [4.78, 5) is 21.6. The molecule has 2 heterocycles. The highest BCUT2D eigenvalue weighted by molar-refractivity contribution is 6.04. The van der Waals surface area contributed by atoms with E-state index in [-0.39, 0.29) is 11.7 Å². The third kappa shape index (κ3) is 5.39. The van der Waals surface area contributed by atoms with Gasteiger partial charge in [0.2, 0.25) is 0 Å². The number of nitrogens with zero attached hydrogens (tertiary/aromatic N) is 3. The fraction of sp³-hybridized carbons (Fsp3) is 0.308. The number of anilines is 1. The summed E-state index contributed by atoms with van der Waals surface area (Å²) >= 11 is 0. The molecule has 0 saturated carbocycles. The Balaban J connectivity index is 1.39. The van der Waals surface area contributed by atoms with Crippen LogP contribution in [0.15, 0.2) is 66.9 Å². The van der Waals surface area contributed by atoms with E-state index in [4.69, 9.17) is 0 Å². The van der Waals surface area contributed by atoms with Crippen molar-refractivity contribution in [3.8, 4) is 11.3 Å². The van der Waals surface area contributed by atoms with Gasteiger partial charge in [-0.25, -0.2) is 4.39 Å². The Morgan fingerprint density at radius 2 is 1.72 bits per heavy atom. The molecule has 4 rings (SSSR count). The maximum Gasteiger partial charge on any atom is 0.255 e. The van der Waals surface area contributed by atoms with Crippen LogP contribution in [0.3, 0.4) is 0 Å². The normalized spacial score (nSPS) is 15.1. The van der Waals surface area contributed by atoms with E-state index in [1.807, 2.05) is 30.3 Å². The number of carbonyl (C=O) groups is 1. The number of rotatable bonds is 6. The molecule has 6 heteroatoms. The van der Waals surface area contributed by atoms with E-state index in [2.05, 4.69) is 33.9 Å². The summed E-state index contributed by atoms with van der Waals surface area (Å²) in [6.45, 7) is 9.18. The van der Waals surface area contributed by atoms with Crippen LogP contribution in [0.25, 0.3) is 11.3 Å². The highest BCUT2D eigenvalue weighted by Crippen LogP contribution is 2.23. The SMILES string of the molecule is CC(C)N1CCN(Cc2cnc(-c3ccc(C(=O)Nc4ccccc4)cc3)c(F)c2)CC1. The van der Waals surface area contributed by atoms with Crippen molar-refractivity contribution in [1.29, 1.82) is 0 Å². The molecule has 0 unspecified atom stereocenters. The number of nitrogens with one attached hydrogen (secondary N) is 1. The summed E-state index contributed by atoms with van der Waals surface area (Å²) in [5.74, 6) is -0.547. The monoisotopic (exact) mass is 432 g/mol. The summed E-state index contributed by atoms with van der Waals surface area (Å²) in [5, 5.41) is 2.85. The molecule has 3 aromatic rings. The molecule has 166 valence electrons. The van der Waals surface area contributed by atoms with E-state index in [0.717, 1.165) is 37.4 Å². The van der Waals surface area contributed by atoms with Crippen LogP contribution < -0.4 is 5.32 Å². The summed E-state index contributed by atoms with van der Waals surface area (Å²) in [5.41, 5.74) is 3.07.